The van der Waals surface area contributed by atoms with Gasteiger partial charge >= 0.3 is 18.4 Å². The summed E-state index contributed by atoms with van der Waals surface area (Å²) in [5.74, 6) is -4.00. The molecule has 0 heterocycles. The molecule has 0 aromatic rings. The highest BCUT2D eigenvalue weighted by molar-refractivity contribution is 5.73. The van der Waals surface area contributed by atoms with Crippen molar-refractivity contribution in [3.63, 3.8) is 0 Å². The van der Waals surface area contributed by atoms with Crippen LogP contribution in [0.25, 0.3) is 0 Å². The van der Waals surface area contributed by atoms with Gasteiger partial charge in [0.1, 0.15) is 17.9 Å². The van der Waals surface area contributed by atoms with Crippen LogP contribution in [0.15, 0.2) is 0 Å². The van der Waals surface area contributed by atoms with E-state index in [1.54, 1.807) is 0 Å². The zero-order valence-electron chi connectivity index (χ0n) is 10.7. The van der Waals surface area contributed by atoms with Gasteiger partial charge in [0.05, 0.1) is 0 Å². The SMILES string of the molecule is CC(C)(C)OC(=O)NC(C=O)C(C(F)(F)F)C(F)(F)F. The highest BCUT2D eigenvalue weighted by Crippen LogP contribution is 2.41. The fourth-order valence-electron chi connectivity index (χ4n) is 1.23. The van der Waals surface area contributed by atoms with Crippen LogP contribution in [0, 0.1) is 5.92 Å². The summed E-state index contributed by atoms with van der Waals surface area (Å²) in [6, 6.07) is -2.81. The number of aldehydes is 1. The molecule has 0 saturated heterocycles. The summed E-state index contributed by atoms with van der Waals surface area (Å²) in [4.78, 5) is 21.6. The quantitative estimate of drug-likeness (QED) is 0.644. The summed E-state index contributed by atoms with van der Waals surface area (Å²) in [5.41, 5.74) is -1.14. The molecule has 1 unspecified atom stereocenters. The van der Waals surface area contributed by atoms with E-state index >= 15 is 0 Å². The zero-order valence-corrected chi connectivity index (χ0v) is 10.7. The van der Waals surface area contributed by atoms with Gasteiger partial charge in [-0.3, -0.25) is 0 Å². The Balaban J connectivity index is 5.14. The van der Waals surface area contributed by atoms with E-state index in [1.165, 1.54) is 26.1 Å². The van der Waals surface area contributed by atoms with Crippen molar-refractivity contribution < 1.29 is 40.7 Å². The summed E-state index contributed by atoms with van der Waals surface area (Å²) < 4.78 is 78.7. The molecule has 0 aliphatic carbocycles. The van der Waals surface area contributed by atoms with Gasteiger partial charge in [-0.05, 0) is 20.8 Å². The highest BCUT2D eigenvalue weighted by atomic mass is 19.4. The maximum atomic E-state index is 12.4. The van der Waals surface area contributed by atoms with E-state index in [0.717, 1.165) is 0 Å². The van der Waals surface area contributed by atoms with E-state index in [1.807, 2.05) is 0 Å². The predicted molar refractivity (Wildman–Crippen MR) is 54.8 cm³/mol. The predicted octanol–water partition coefficient (Wildman–Crippen LogP) is 2.82. The summed E-state index contributed by atoms with van der Waals surface area (Å²) >= 11 is 0. The molecule has 4 nitrogen and oxygen atoms in total. The molecule has 0 radical (unpaired) electrons. The monoisotopic (exact) mass is 309 g/mol. The smallest absolute Gasteiger partial charge is 0.408 e. The molecule has 20 heavy (non-hydrogen) atoms. The molecule has 0 fully saturated rings. The van der Waals surface area contributed by atoms with E-state index in [4.69, 9.17) is 0 Å². The number of carbonyl (C=O) groups excluding carboxylic acids is 2. The summed E-state index contributed by atoms with van der Waals surface area (Å²) in [7, 11) is 0. The van der Waals surface area contributed by atoms with Gasteiger partial charge < -0.3 is 14.8 Å². The molecule has 0 aliphatic rings. The molecule has 0 rings (SSSR count). The molecule has 10 heteroatoms. The Bertz CT molecular complexity index is 343. The fourth-order valence-corrected chi connectivity index (χ4v) is 1.23. The molecule has 1 atom stereocenters. The van der Waals surface area contributed by atoms with Crippen LogP contribution in [0.1, 0.15) is 20.8 Å². The number of nitrogens with one attached hydrogen (secondary N) is 1. The minimum atomic E-state index is -5.74. The second-order valence-electron chi connectivity index (χ2n) is 4.87. The number of alkyl halides is 6. The lowest BCUT2D eigenvalue weighted by Crippen LogP contribution is -2.54. The maximum absolute atomic E-state index is 12.4. The van der Waals surface area contributed by atoms with Crippen LogP contribution in [-0.4, -0.2) is 36.4 Å². The highest BCUT2D eigenvalue weighted by Gasteiger charge is 2.60. The minimum Gasteiger partial charge on any atom is -0.444 e. The number of carbonyl (C=O) groups is 2. The fraction of sp³-hybridized carbons (Fsp3) is 0.800. The van der Waals surface area contributed by atoms with Gasteiger partial charge in [-0.1, -0.05) is 0 Å². The van der Waals surface area contributed by atoms with E-state index in [0.29, 0.717) is 0 Å². The van der Waals surface area contributed by atoms with Crippen LogP contribution < -0.4 is 5.32 Å². The molecular formula is C10H13F6NO3. The van der Waals surface area contributed by atoms with Gasteiger partial charge in [0.15, 0.2) is 5.92 Å². The van der Waals surface area contributed by atoms with Gasteiger partial charge in [0.2, 0.25) is 0 Å². The Morgan fingerprint density at radius 3 is 1.70 bits per heavy atom. The van der Waals surface area contributed by atoms with Crippen molar-refractivity contribution in [2.45, 2.75) is 44.8 Å². The Kier molecular flexibility index (Phi) is 5.44. The second kappa shape index (κ2) is 5.88. The van der Waals surface area contributed by atoms with Crippen LogP contribution in [0.5, 0.6) is 0 Å². The van der Waals surface area contributed by atoms with Crippen LogP contribution in [0.4, 0.5) is 31.1 Å². The summed E-state index contributed by atoms with van der Waals surface area (Å²) in [6.45, 7) is 4.06. The number of hydrogen-bond donors (Lipinski definition) is 1. The van der Waals surface area contributed by atoms with Crippen molar-refractivity contribution in [1.29, 1.82) is 0 Å². The van der Waals surface area contributed by atoms with Gasteiger partial charge in [0, 0.05) is 0 Å². The standard InChI is InChI=1S/C10H13F6NO3/c1-8(2,3)20-7(19)17-5(4-18)6(9(11,12)13)10(14,15)16/h4-6H,1-3H3,(H,17,19). The number of ether oxygens (including phenoxy) is 1. The molecule has 0 aromatic heterocycles. The molecule has 0 saturated carbocycles. The molecule has 0 aromatic carbocycles. The lowest BCUT2D eigenvalue weighted by atomic mass is 10.00. The Morgan fingerprint density at radius 1 is 1.05 bits per heavy atom. The van der Waals surface area contributed by atoms with E-state index < -0.39 is 42.3 Å². The Labute approximate surface area is 110 Å². The lowest BCUT2D eigenvalue weighted by molar-refractivity contribution is -0.288. The summed E-state index contributed by atoms with van der Waals surface area (Å²) in [6.07, 6.45) is -13.7. The zero-order chi connectivity index (χ0) is 16.4. The molecule has 1 amide bonds. The van der Waals surface area contributed by atoms with Crippen LogP contribution in [0.3, 0.4) is 0 Å². The maximum Gasteiger partial charge on any atom is 0.408 e. The average molecular weight is 309 g/mol. The topological polar surface area (TPSA) is 55.4 Å². The van der Waals surface area contributed by atoms with E-state index in [-0.39, 0.29) is 0 Å². The molecule has 1 N–H and O–H groups in total. The molecule has 0 aliphatic heterocycles. The van der Waals surface area contributed by atoms with Crippen molar-refractivity contribution in [3.05, 3.63) is 0 Å². The molecule has 0 spiro atoms. The van der Waals surface area contributed by atoms with Crippen LogP contribution in [-0.2, 0) is 9.53 Å². The largest absolute Gasteiger partial charge is 0.444 e. The van der Waals surface area contributed by atoms with Crippen molar-refractivity contribution in [1.82, 2.24) is 5.32 Å². The van der Waals surface area contributed by atoms with Crippen molar-refractivity contribution in [3.8, 4) is 0 Å². The number of halogens is 6. The number of alkyl carbamates (subject to hydrolysis) is 1. The average Bonchev–Trinajstić information content (AvgIpc) is 2.08. The first-order chi connectivity index (χ1) is 8.68. The summed E-state index contributed by atoms with van der Waals surface area (Å²) in [5, 5.41) is 1.27. The minimum absolute atomic E-state index is 0.629. The third kappa shape index (κ3) is 6.11. The molecule has 0 bridgehead atoms. The first kappa shape index (κ1) is 18.5. The van der Waals surface area contributed by atoms with Gasteiger partial charge in [0.25, 0.3) is 0 Å². The van der Waals surface area contributed by atoms with E-state index in [2.05, 4.69) is 4.74 Å². The third-order valence-electron chi connectivity index (χ3n) is 1.89. The Hall–Kier alpha value is -1.48. The Morgan fingerprint density at radius 2 is 1.45 bits per heavy atom. The van der Waals surface area contributed by atoms with Crippen molar-refractivity contribution in [2.75, 3.05) is 0 Å². The first-order valence-electron chi connectivity index (χ1n) is 5.26. The second-order valence-corrected chi connectivity index (χ2v) is 4.87. The first-order valence-corrected chi connectivity index (χ1v) is 5.26. The van der Waals surface area contributed by atoms with Crippen LogP contribution in [0.2, 0.25) is 0 Å². The molecule has 118 valence electrons. The van der Waals surface area contributed by atoms with Gasteiger partial charge in [-0.2, -0.15) is 26.3 Å². The molecular weight excluding hydrogens is 296 g/mol. The number of rotatable bonds is 3. The number of amides is 1. The normalized spacial score (nSPS) is 14.9. The lowest BCUT2D eigenvalue weighted by Gasteiger charge is -2.28. The third-order valence-corrected chi connectivity index (χ3v) is 1.89. The van der Waals surface area contributed by atoms with Gasteiger partial charge in [-0.15, -0.1) is 0 Å². The number of hydrogen-bond acceptors (Lipinski definition) is 3. The van der Waals surface area contributed by atoms with Crippen molar-refractivity contribution >= 4 is 12.4 Å². The van der Waals surface area contributed by atoms with Crippen LogP contribution >= 0.6 is 0 Å². The van der Waals surface area contributed by atoms with E-state index in [9.17, 15) is 35.9 Å². The van der Waals surface area contributed by atoms with Crippen molar-refractivity contribution in [2.24, 2.45) is 5.92 Å². The van der Waals surface area contributed by atoms with Gasteiger partial charge in [-0.25, -0.2) is 4.79 Å².